The van der Waals surface area contributed by atoms with E-state index in [0.717, 1.165) is 6.42 Å². The number of nitrogens with two attached hydrogens (primary N) is 1. The number of likely N-dealkylation sites (N-methyl/N-ethyl adjacent to an activating group) is 1. The highest BCUT2D eigenvalue weighted by molar-refractivity contribution is 7.89. The molecule has 96 valence electrons. The molecule has 0 spiro atoms. The third kappa shape index (κ3) is 2.74. The van der Waals surface area contributed by atoms with Gasteiger partial charge in [0.1, 0.15) is 0 Å². The highest BCUT2D eigenvalue weighted by Crippen LogP contribution is 2.20. The maximum atomic E-state index is 12.2. The molecule has 0 aromatic heterocycles. The molecule has 5 nitrogen and oxygen atoms in total. The van der Waals surface area contributed by atoms with Gasteiger partial charge in [0.15, 0.2) is 0 Å². The third-order valence-corrected chi connectivity index (χ3v) is 5.78. The zero-order valence-corrected chi connectivity index (χ0v) is 11.2. The lowest BCUT2D eigenvalue weighted by Gasteiger charge is -2.23. The molecule has 0 aromatic carbocycles. The van der Waals surface area contributed by atoms with Crippen molar-refractivity contribution in [3.63, 3.8) is 0 Å². The van der Waals surface area contributed by atoms with Crippen LogP contribution in [0.5, 0.6) is 0 Å². The van der Waals surface area contributed by atoms with Crippen LogP contribution in [0, 0.1) is 0 Å². The predicted molar refractivity (Wildman–Crippen MR) is 65.7 cm³/mol. The normalized spacial score (nSPS) is 25.2. The van der Waals surface area contributed by atoms with Gasteiger partial charge in [0, 0.05) is 25.7 Å². The third-order valence-electron chi connectivity index (χ3n) is 3.36. The van der Waals surface area contributed by atoms with Crippen molar-refractivity contribution in [3.8, 4) is 0 Å². The van der Waals surface area contributed by atoms with E-state index in [9.17, 15) is 8.42 Å². The first kappa shape index (κ1) is 13.9. The molecule has 16 heavy (non-hydrogen) atoms. The minimum absolute atomic E-state index is 0.210. The van der Waals surface area contributed by atoms with Gasteiger partial charge in [0.05, 0.1) is 5.25 Å². The molecule has 1 heterocycles. The van der Waals surface area contributed by atoms with Gasteiger partial charge in [0.25, 0.3) is 0 Å². The molecule has 0 amide bonds. The molecular formula is C10H23N3O2S. The molecule has 1 fully saturated rings. The molecule has 1 rings (SSSR count). The molecule has 1 aliphatic rings. The van der Waals surface area contributed by atoms with Gasteiger partial charge in [-0.05, 0) is 26.9 Å². The number of nitrogens with zero attached hydrogens (tertiary/aromatic N) is 2. The fraction of sp³-hybridized carbons (Fsp3) is 1.00. The Morgan fingerprint density at radius 1 is 1.50 bits per heavy atom. The van der Waals surface area contributed by atoms with Gasteiger partial charge >= 0.3 is 0 Å². The molecule has 1 aliphatic heterocycles. The average molecular weight is 249 g/mol. The van der Waals surface area contributed by atoms with Crippen LogP contribution in [-0.4, -0.2) is 62.6 Å². The van der Waals surface area contributed by atoms with Crippen molar-refractivity contribution in [2.75, 3.05) is 33.7 Å². The second kappa shape index (κ2) is 5.44. The van der Waals surface area contributed by atoms with Crippen LogP contribution in [0.3, 0.4) is 0 Å². The fourth-order valence-corrected chi connectivity index (χ4v) is 3.90. The molecule has 1 saturated heterocycles. The summed E-state index contributed by atoms with van der Waals surface area (Å²) in [5.74, 6) is 0. The SMILES string of the molecule is CCC(CN)S(=O)(=O)N1CCC(N(C)C)C1. The molecule has 0 bridgehead atoms. The van der Waals surface area contributed by atoms with E-state index in [2.05, 4.69) is 4.90 Å². The number of rotatable bonds is 5. The van der Waals surface area contributed by atoms with Crippen molar-refractivity contribution < 1.29 is 8.42 Å². The summed E-state index contributed by atoms with van der Waals surface area (Å²) >= 11 is 0. The van der Waals surface area contributed by atoms with E-state index in [1.54, 1.807) is 4.31 Å². The Hall–Kier alpha value is -0.170. The molecule has 6 heteroatoms. The van der Waals surface area contributed by atoms with Gasteiger partial charge in [0.2, 0.25) is 10.0 Å². The van der Waals surface area contributed by atoms with Crippen molar-refractivity contribution in [2.24, 2.45) is 5.73 Å². The lowest BCUT2D eigenvalue weighted by atomic mass is 10.2. The second-order valence-electron chi connectivity index (χ2n) is 4.58. The Bertz CT molecular complexity index is 312. The maximum Gasteiger partial charge on any atom is 0.218 e. The van der Waals surface area contributed by atoms with Crippen LogP contribution in [0.2, 0.25) is 0 Å². The van der Waals surface area contributed by atoms with E-state index in [1.165, 1.54) is 0 Å². The summed E-state index contributed by atoms with van der Waals surface area (Å²) in [6.07, 6.45) is 1.50. The quantitative estimate of drug-likeness (QED) is 0.726. The zero-order valence-electron chi connectivity index (χ0n) is 10.4. The highest BCUT2D eigenvalue weighted by Gasteiger charge is 2.36. The van der Waals surface area contributed by atoms with Crippen molar-refractivity contribution in [1.29, 1.82) is 0 Å². The Morgan fingerprint density at radius 2 is 2.12 bits per heavy atom. The van der Waals surface area contributed by atoms with Gasteiger partial charge in [-0.15, -0.1) is 0 Å². The second-order valence-corrected chi connectivity index (χ2v) is 6.79. The van der Waals surface area contributed by atoms with Crippen molar-refractivity contribution >= 4 is 10.0 Å². The van der Waals surface area contributed by atoms with Crippen LogP contribution >= 0.6 is 0 Å². The first-order chi connectivity index (χ1) is 7.43. The van der Waals surface area contributed by atoms with E-state index in [1.807, 2.05) is 21.0 Å². The van der Waals surface area contributed by atoms with E-state index < -0.39 is 15.3 Å². The van der Waals surface area contributed by atoms with Crippen LogP contribution in [0.25, 0.3) is 0 Å². The van der Waals surface area contributed by atoms with E-state index in [0.29, 0.717) is 25.6 Å². The Balaban J connectivity index is 2.72. The van der Waals surface area contributed by atoms with Gasteiger partial charge < -0.3 is 10.6 Å². The monoisotopic (exact) mass is 249 g/mol. The molecule has 2 unspecified atom stereocenters. The van der Waals surface area contributed by atoms with E-state index >= 15 is 0 Å². The summed E-state index contributed by atoms with van der Waals surface area (Å²) in [4.78, 5) is 2.08. The topological polar surface area (TPSA) is 66.6 Å². The molecule has 2 N–H and O–H groups in total. The fourth-order valence-electron chi connectivity index (χ4n) is 2.07. The van der Waals surface area contributed by atoms with Gasteiger partial charge in [-0.3, -0.25) is 0 Å². The standard InChI is InChI=1S/C10H23N3O2S/c1-4-10(7-11)16(14,15)13-6-5-9(8-13)12(2)3/h9-10H,4-8,11H2,1-3H3. The van der Waals surface area contributed by atoms with Crippen LogP contribution in [0.15, 0.2) is 0 Å². The van der Waals surface area contributed by atoms with E-state index in [-0.39, 0.29) is 6.54 Å². The van der Waals surface area contributed by atoms with Gasteiger partial charge in [-0.1, -0.05) is 6.92 Å². The first-order valence-electron chi connectivity index (χ1n) is 5.79. The maximum absolute atomic E-state index is 12.2. The number of sulfonamides is 1. The lowest BCUT2D eigenvalue weighted by molar-refractivity contribution is 0.301. The number of hydrogen-bond donors (Lipinski definition) is 1. The summed E-state index contributed by atoms with van der Waals surface area (Å²) in [7, 11) is 0.789. The number of hydrogen-bond acceptors (Lipinski definition) is 4. The van der Waals surface area contributed by atoms with Gasteiger partial charge in [-0.2, -0.15) is 0 Å². The van der Waals surface area contributed by atoms with Crippen LogP contribution in [-0.2, 0) is 10.0 Å². The molecule has 0 radical (unpaired) electrons. The molecule has 2 atom stereocenters. The summed E-state index contributed by atoms with van der Waals surface area (Å²) in [6, 6.07) is 0.338. The lowest BCUT2D eigenvalue weighted by Crippen LogP contribution is -2.42. The molecule has 0 aliphatic carbocycles. The smallest absolute Gasteiger partial charge is 0.218 e. The van der Waals surface area contributed by atoms with Crippen LogP contribution in [0.4, 0.5) is 0 Å². The van der Waals surface area contributed by atoms with Crippen molar-refractivity contribution in [1.82, 2.24) is 9.21 Å². The highest BCUT2D eigenvalue weighted by atomic mass is 32.2. The first-order valence-corrected chi connectivity index (χ1v) is 7.29. The summed E-state index contributed by atoms with van der Waals surface area (Å²) in [6.45, 7) is 3.31. The Kier molecular flexibility index (Phi) is 4.73. The zero-order chi connectivity index (χ0) is 12.3. The summed E-state index contributed by atoms with van der Waals surface area (Å²) < 4.78 is 26.0. The minimum Gasteiger partial charge on any atom is -0.329 e. The summed E-state index contributed by atoms with van der Waals surface area (Å²) in [5, 5.41) is -0.423. The van der Waals surface area contributed by atoms with Crippen molar-refractivity contribution in [3.05, 3.63) is 0 Å². The van der Waals surface area contributed by atoms with Crippen molar-refractivity contribution in [2.45, 2.75) is 31.1 Å². The van der Waals surface area contributed by atoms with E-state index in [4.69, 9.17) is 5.73 Å². The Morgan fingerprint density at radius 3 is 2.50 bits per heavy atom. The van der Waals surface area contributed by atoms with Gasteiger partial charge in [-0.25, -0.2) is 12.7 Å². The molecule has 0 aromatic rings. The minimum atomic E-state index is -3.19. The van der Waals surface area contributed by atoms with Crippen LogP contribution in [0.1, 0.15) is 19.8 Å². The molecular weight excluding hydrogens is 226 g/mol. The largest absolute Gasteiger partial charge is 0.329 e. The summed E-state index contributed by atoms with van der Waals surface area (Å²) in [5.41, 5.74) is 5.52. The Labute approximate surface area is 98.6 Å². The predicted octanol–water partition coefficient (Wildman–Crippen LogP) is -0.311. The average Bonchev–Trinajstić information content (AvgIpc) is 2.68. The van der Waals surface area contributed by atoms with Crippen LogP contribution < -0.4 is 5.73 Å². The molecule has 0 saturated carbocycles.